The van der Waals surface area contributed by atoms with Crippen molar-refractivity contribution in [3.8, 4) is 5.75 Å². The van der Waals surface area contributed by atoms with Crippen LogP contribution in [0.4, 0.5) is 0 Å². The summed E-state index contributed by atoms with van der Waals surface area (Å²) in [7, 11) is 0. The molecule has 2 aromatic rings. The first-order chi connectivity index (χ1) is 9.61. The molecular formula is C15H13Cl2NO2. The highest BCUT2D eigenvalue weighted by Crippen LogP contribution is 2.23. The predicted octanol–water partition coefficient (Wildman–Crippen LogP) is 3.76. The second-order valence-electron chi connectivity index (χ2n) is 4.25. The third-order valence-corrected chi connectivity index (χ3v) is 3.41. The Kier molecular flexibility index (Phi) is 4.88. The number of carbonyl (C=O) groups excluding carboxylic acids is 1. The lowest BCUT2D eigenvalue weighted by Crippen LogP contribution is -2.29. The van der Waals surface area contributed by atoms with E-state index in [4.69, 9.17) is 23.2 Å². The number of benzene rings is 2. The molecule has 0 saturated carbocycles. The Balaban J connectivity index is 2.17. The molecule has 0 saturated heterocycles. The normalized spacial score (nSPS) is 11.9. The Morgan fingerprint density at radius 3 is 2.50 bits per heavy atom. The van der Waals surface area contributed by atoms with Crippen LogP contribution in [0.5, 0.6) is 5.75 Å². The van der Waals surface area contributed by atoms with Crippen LogP contribution in [-0.2, 0) is 0 Å². The summed E-state index contributed by atoms with van der Waals surface area (Å²) in [6.45, 7) is 0. The van der Waals surface area contributed by atoms with Gasteiger partial charge in [0.2, 0.25) is 0 Å². The molecule has 104 valence electrons. The summed E-state index contributed by atoms with van der Waals surface area (Å²) in [4.78, 5) is 12.1. The zero-order chi connectivity index (χ0) is 14.5. The van der Waals surface area contributed by atoms with Crippen molar-refractivity contribution in [2.24, 2.45) is 0 Å². The molecule has 5 heteroatoms. The summed E-state index contributed by atoms with van der Waals surface area (Å²) >= 11 is 11.6. The lowest BCUT2D eigenvalue weighted by atomic mass is 10.1. The van der Waals surface area contributed by atoms with Crippen molar-refractivity contribution in [3.63, 3.8) is 0 Å². The van der Waals surface area contributed by atoms with E-state index in [1.54, 1.807) is 6.07 Å². The quantitative estimate of drug-likeness (QED) is 0.845. The molecule has 2 rings (SSSR count). The lowest BCUT2D eigenvalue weighted by Gasteiger charge is -2.17. The largest absolute Gasteiger partial charge is 0.507 e. The van der Waals surface area contributed by atoms with Gasteiger partial charge in [0, 0.05) is 10.9 Å². The fraction of sp³-hybridized carbons (Fsp3) is 0.133. The van der Waals surface area contributed by atoms with Crippen LogP contribution in [0.2, 0.25) is 5.02 Å². The average Bonchev–Trinajstić information content (AvgIpc) is 2.45. The first kappa shape index (κ1) is 14.7. The summed E-state index contributed by atoms with van der Waals surface area (Å²) in [5.41, 5.74) is 1.07. The topological polar surface area (TPSA) is 49.3 Å². The van der Waals surface area contributed by atoms with Crippen molar-refractivity contribution in [2.45, 2.75) is 6.04 Å². The number of phenols is 1. The van der Waals surface area contributed by atoms with E-state index in [9.17, 15) is 9.90 Å². The molecule has 0 spiro atoms. The molecule has 2 N–H and O–H groups in total. The maximum atomic E-state index is 12.1. The highest BCUT2D eigenvalue weighted by molar-refractivity contribution is 6.30. The van der Waals surface area contributed by atoms with Crippen LogP contribution in [0.15, 0.2) is 48.5 Å². The fourth-order valence-corrected chi connectivity index (χ4v) is 2.25. The van der Waals surface area contributed by atoms with Gasteiger partial charge in [-0.1, -0.05) is 41.9 Å². The van der Waals surface area contributed by atoms with Crippen LogP contribution in [-0.4, -0.2) is 16.9 Å². The van der Waals surface area contributed by atoms with Gasteiger partial charge in [-0.3, -0.25) is 4.79 Å². The summed E-state index contributed by atoms with van der Waals surface area (Å²) in [6, 6.07) is 13.4. The van der Waals surface area contributed by atoms with Crippen molar-refractivity contribution >= 4 is 29.1 Å². The molecule has 0 aliphatic rings. The molecular weight excluding hydrogens is 297 g/mol. The molecule has 2 aromatic carbocycles. The monoisotopic (exact) mass is 309 g/mol. The van der Waals surface area contributed by atoms with Crippen LogP contribution < -0.4 is 5.32 Å². The van der Waals surface area contributed by atoms with Crippen LogP contribution >= 0.6 is 23.2 Å². The van der Waals surface area contributed by atoms with Gasteiger partial charge in [-0.2, -0.15) is 0 Å². The first-order valence-electron chi connectivity index (χ1n) is 6.02. The molecule has 0 radical (unpaired) electrons. The Bertz CT molecular complexity index is 602. The SMILES string of the molecule is O=C(NC(CCl)c1ccccc1)c1ccc(Cl)cc1O. The minimum Gasteiger partial charge on any atom is -0.507 e. The van der Waals surface area contributed by atoms with Gasteiger partial charge >= 0.3 is 0 Å². The minimum atomic E-state index is -0.395. The van der Waals surface area contributed by atoms with E-state index in [1.165, 1.54) is 12.1 Å². The third kappa shape index (κ3) is 3.44. The van der Waals surface area contributed by atoms with Crippen LogP contribution in [0.1, 0.15) is 22.0 Å². The smallest absolute Gasteiger partial charge is 0.255 e. The molecule has 0 aliphatic heterocycles. The Hall–Kier alpha value is -1.71. The summed E-state index contributed by atoms with van der Waals surface area (Å²) in [6.07, 6.45) is 0. The van der Waals surface area contributed by atoms with E-state index in [1.807, 2.05) is 30.3 Å². The molecule has 3 nitrogen and oxygen atoms in total. The molecule has 20 heavy (non-hydrogen) atoms. The third-order valence-electron chi connectivity index (χ3n) is 2.87. The van der Waals surface area contributed by atoms with Gasteiger partial charge in [0.25, 0.3) is 5.91 Å². The second kappa shape index (κ2) is 6.64. The predicted molar refractivity (Wildman–Crippen MR) is 80.5 cm³/mol. The number of halogens is 2. The molecule has 0 aromatic heterocycles. The molecule has 0 bridgehead atoms. The van der Waals surface area contributed by atoms with E-state index in [0.717, 1.165) is 5.56 Å². The highest BCUT2D eigenvalue weighted by Gasteiger charge is 2.17. The Morgan fingerprint density at radius 2 is 1.90 bits per heavy atom. The van der Waals surface area contributed by atoms with Crippen molar-refractivity contribution in [2.75, 3.05) is 5.88 Å². The van der Waals surface area contributed by atoms with E-state index in [2.05, 4.69) is 5.32 Å². The van der Waals surface area contributed by atoms with Gasteiger partial charge in [-0.05, 0) is 23.8 Å². The van der Waals surface area contributed by atoms with Gasteiger partial charge in [-0.15, -0.1) is 11.6 Å². The average molecular weight is 310 g/mol. The highest BCUT2D eigenvalue weighted by atomic mass is 35.5. The van der Waals surface area contributed by atoms with Crippen LogP contribution in [0, 0.1) is 0 Å². The standard InChI is InChI=1S/C15H13Cl2NO2/c16-9-13(10-4-2-1-3-5-10)18-15(20)12-7-6-11(17)8-14(12)19/h1-8,13,19H,9H2,(H,18,20). The van der Waals surface area contributed by atoms with Crippen LogP contribution in [0.3, 0.4) is 0 Å². The van der Waals surface area contributed by atoms with E-state index >= 15 is 0 Å². The van der Waals surface area contributed by atoms with E-state index in [0.29, 0.717) is 5.02 Å². The van der Waals surface area contributed by atoms with Crippen molar-refractivity contribution < 1.29 is 9.90 Å². The fourth-order valence-electron chi connectivity index (χ4n) is 1.83. The molecule has 1 atom stereocenters. The van der Waals surface area contributed by atoms with Gasteiger partial charge in [0.05, 0.1) is 11.6 Å². The maximum absolute atomic E-state index is 12.1. The first-order valence-corrected chi connectivity index (χ1v) is 6.93. The van der Waals surface area contributed by atoms with Crippen molar-refractivity contribution in [1.82, 2.24) is 5.32 Å². The lowest BCUT2D eigenvalue weighted by molar-refractivity contribution is 0.0937. The molecule has 1 unspecified atom stereocenters. The zero-order valence-electron chi connectivity index (χ0n) is 10.5. The minimum absolute atomic E-state index is 0.156. The summed E-state index contributed by atoms with van der Waals surface area (Å²) in [5, 5.41) is 12.9. The van der Waals surface area contributed by atoms with E-state index in [-0.39, 0.29) is 23.2 Å². The second-order valence-corrected chi connectivity index (χ2v) is 5.00. The van der Waals surface area contributed by atoms with Gasteiger partial charge < -0.3 is 10.4 Å². The molecule has 0 fully saturated rings. The van der Waals surface area contributed by atoms with Gasteiger partial charge in [0.1, 0.15) is 5.75 Å². The van der Waals surface area contributed by atoms with Crippen molar-refractivity contribution in [3.05, 3.63) is 64.7 Å². The number of nitrogens with one attached hydrogen (secondary N) is 1. The number of hydrogen-bond acceptors (Lipinski definition) is 2. The molecule has 0 heterocycles. The van der Waals surface area contributed by atoms with Gasteiger partial charge in [0.15, 0.2) is 0 Å². The number of alkyl halides is 1. The van der Waals surface area contributed by atoms with Gasteiger partial charge in [-0.25, -0.2) is 0 Å². The zero-order valence-corrected chi connectivity index (χ0v) is 12.0. The Labute approximate surface area is 127 Å². The number of rotatable bonds is 4. The Morgan fingerprint density at radius 1 is 1.20 bits per heavy atom. The molecule has 0 aliphatic carbocycles. The van der Waals surface area contributed by atoms with Crippen molar-refractivity contribution in [1.29, 1.82) is 0 Å². The van der Waals surface area contributed by atoms with E-state index < -0.39 is 5.91 Å². The number of amides is 1. The summed E-state index contributed by atoms with van der Waals surface area (Å²) in [5.74, 6) is -0.311. The summed E-state index contributed by atoms with van der Waals surface area (Å²) < 4.78 is 0. The number of aromatic hydroxyl groups is 1. The van der Waals surface area contributed by atoms with Crippen LogP contribution in [0.25, 0.3) is 0 Å². The molecule has 1 amide bonds. The number of phenolic OH excluding ortho intramolecular Hbond substituents is 1. The number of carbonyl (C=O) groups is 1. The number of hydrogen-bond donors (Lipinski definition) is 2. The maximum Gasteiger partial charge on any atom is 0.255 e.